The maximum Gasteiger partial charge on any atom is 0.160 e. The predicted octanol–water partition coefficient (Wildman–Crippen LogP) is 12.4. The molecule has 4 aliphatic carbocycles. The van der Waals surface area contributed by atoms with E-state index in [0.29, 0.717) is 0 Å². The summed E-state index contributed by atoms with van der Waals surface area (Å²) in [5.41, 5.74) is 16.5. The van der Waals surface area contributed by atoms with Gasteiger partial charge in [0.15, 0.2) is 5.82 Å². The van der Waals surface area contributed by atoms with Gasteiger partial charge in [-0.1, -0.05) is 170 Å². The fourth-order valence-corrected chi connectivity index (χ4v) is 10.4. The lowest BCUT2D eigenvalue weighted by molar-refractivity contribution is -0.0353. The van der Waals surface area contributed by atoms with E-state index in [-0.39, 0.29) is 23.5 Å². The Bertz CT molecular complexity index is 2900. The molecular weight excluding hydrogens is 693 g/mol. The van der Waals surface area contributed by atoms with Crippen LogP contribution >= 0.6 is 0 Å². The third kappa shape index (κ3) is 4.95. The molecule has 0 amide bonds. The van der Waals surface area contributed by atoms with Crippen LogP contribution in [0.3, 0.4) is 0 Å². The second-order valence-corrected chi connectivity index (χ2v) is 15.9. The zero-order valence-corrected chi connectivity index (χ0v) is 31.3. The van der Waals surface area contributed by atoms with Gasteiger partial charge < -0.3 is 4.74 Å². The van der Waals surface area contributed by atoms with Crippen LogP contribution in [0.1, 0.15) is 34.2 Å². The number of fused-ring (bicyclic) bond motifs is 9. The lowest BCUT2D eigenvalue weighted by Gasteiger charge is -2.52. The van der Waals surface area contributed by atoms with Crippen LogP contribution in [0.5, 0.6) is 0 Å². The summed E-state index contributed by atoms with van der Waals surface area (Å²) in [6.45, 7) is 0. The summed E-state index contributed by atoms with van der Waals surface area (Å²) < 4.78 is 6.95. The summed E-state index contributed by atoms with van der Waals surface area (Å²) in [5.74, 6) is 0.811. The van der Waals surface area contributed by atoms with Gasteiger partial charge >= 0.3 is 0 Å². The summed E-state index contributed by atoms with van der Waals surface area (Å²) >= 11 is 0. The molecule has 1 saturated heterocycles. The lowest BCUT2D eigenvalue weighted by Crippen LogP contribution is -2.52. The van der Waals surface area contributed by atoms with Crippen molar-refractivity contribution in [1.29, 1.82) is 0 Å². The minimum Gasteiger partial charge on any atom is -0.366 e. The number of rotatable bonds is 4. The predicted molar refractivity (Wildman–Crippen MR) is 232 cm³/mol. The maximum atomic E-state index is 6.95. The summed E-state index contributed by atoms with van der Waals surface area (Å²) in [6, 6.07) is 50.7. The Morgan fingerprint density at radius 3 is 2.16 bits per heavy atom. The van der Waals surface area contributed by atoms with Crippen LogP contribution in [0.25, 0.3) is 67.5 Å². The van der Waals surface area contributed by atoms with E-state index in [4.69, 9.17) is 14.7 Å². The highest BCUT2D eigenvalue weighted by Gasteiger charge is 2.58. The van der Waals surface area contributed by atoms with Gasteiger partial charge in [0, 0.05) is 22.6 Å². The number of nitrogens with zero attached hydrogens (tertiary/aromatic N) is 2. The lowest BCUT2D eigenvalue weighted by atomic mass is 9.57. The average molecular weight is 731 g/mol. The van der Waals surface area contributed by atoms with E-state index in [1.54, 1.807) is 0 Å². The molecule has 3 heteroatoms. The summed E-state index contributed by atoms with van der Waals surface area (Å²) in [7, 11) is 0. The number of allylic oxidation sites excluding steroid dienone is 5. The van der Waals surface area contributed by atoms with Crippen molar-refractivity contribution >= 4 is 22.4 Å². The molecule has 1 fully saturated rings. The van der Waals surface area contributed by atoms with Crippen LogP contribution in [-0.4, -0.2) is 22.2 Å². The third-order valence-electron chi connectivity index (χ3n) is 12.9. The van der Waals surface area contributed by atoms with Gasteiger partial charge in [-0.15, -0.1) is 0 Å². The number of hydrogen-bond donors (Lipinski definition) is 0. The van der Waals surface area contributed by atoms with Crippen LogP contribution in [0, 0.1) is 5.92 Å². The van der Waals surface area contributed by atoms with E-state index in [1.165, 1.54) is 60.9 Å². The second-order valence-electron chi connectivity index (χ2n) is 15.9. The molecule has 1 aliphatic heterocycles. The monoisotopic (exact) mass is 730 g/mol. The molecule has 12 rings (SSSR count). The maximum absolute atomic E-state index is 6.95. The number of aromatic nitrogens is 2. The van der Waals surface area contributed by atoms with Crippen molar-refractivity contribution in [3.05, 3.63) is 215 Å². The molecule has 270 valence electrons. The van der Waals surface area contributed by atoms with E-state index in [9.17, 15) is 0 Å². The number of ether oxygens (including phenoxy) is 1. The number of benzene rings is 6. The summed E-state index contributed by atoms with van der Waals surface area (Å²) in [5, 5.41) is 2.58. The van der Waals surface area contributed by atoms with Crippen LogP contribution in [-0.2, 0) is 16.6 Å². The van der Waals surface area contributed by atoms with E-state index >= 15 is 0 Å². The highest BCUT2D eigenvalue weighted by molar-refractivity contribution is 5.98. The van der Waals surface area contributed by atoms with Crippen molar-refractivity contribution in [2.45, 2.75) is 30.5 Å². The molecule has 3 unspecified atom stereocenters. The molecule has 7 aromatic rings. The second kappa shape index (κ2) is 12.7. The summed E-state index contributed by atoms with van der Waals surface area (Å²) in [6.07, 6.45) is 20.3. The Morgan fingerprint density at radius 2 is 1.35 bits per heavy atom. The van der Waals surface area contributed by atoms with Gasteiger partial charge in [0.05, 0.1) is 29.0 Å². The van der Waals surface area contributed by atoms with Crippen molar-refractivity contribution in [3.8, 4) is 45.0 Å². The molecule has 1 aromatic heterocycles. The quantitative estimate of drug-likeness (QED) is 0.181. The fourth-order valence-electron chi connectivity index (χ4n) is 10.4. The van der Waals surface area contributed by atoms with Crippen LogP contribution in [0.15, 0.2) is 188 Å². The fraction of sp³-hybridized carbons (Fsp3) is 0.111. The third-order valence-corrected chi connectivity index (χ3v) is 12.9. The summed E-state index contributed by atoms with van der Waals surface area (Å²) in [4.78, 5) is 10.3. The van der Waals surface area contributed by atoms with Gasteiger partial charge in [-0.05, 0) is 91.9 Å². The largest absolute Gasteiger partial charge is 0.366 e. The van der Waals surface area contributed by atoms with E-state index in [0.717, 1.165) is 46.7 Å². The Kier molecular flexibility index (Phi) is 7.24. The molecule has 3 nitrogen and oxygen atoms in total. The van der Waals surface area contributed by atoms with Crippen molar-refractivity contribution in [3.63, 3.8) is 0 Å². The van der Waals surface area contributed by atoms with Gasteiger partial charge in [-0.2, -0.15) is 0 Å². The molecular formula is C54H38N2O. The average Bonchev–Trinajstić information content (AvgIpc) is 3.57. The molecule has 3 atom stereocenters. The first-order valence-electron chi connectivity index (χ1n) is 20.1. The van der Waals surface area contributed by atoms with E-state index in [2.05, 4.69) is 170 Å². The van der Waals surface area contributed by atoms with Gasteiger partial charge in [-0.25, -0.2) is 9.97 Å². The zero-order valence-electron chi connectivity index (χ0n) is 31.3. The Balaban J connectivity index is 0.962. The normalized spacial score (nSPS) is 20.4. The smallest absolute Gasteiger partial charge is 0.160 e. The van der Waals surface area contributed by atoms with Gasteiger partial charge in [0.2, 0.25) is 0 Å². The van der Waals surface area contributed by atoms with E-state index in [1.807, 2.05) is 18.2 Å². The van der Waals surface area contributed by atoms with Crippen molar-refractivity contribution < 1.29 is 4.74 Å². The highest BCUT2D eigenvalue weighted by Crippen LogP contribution is 2.62. The molecule has 5 aliphatic rings. The Labute approximate surface area is 332 Å². The van der Waals surface area contributed by atoms with Crippen molar-refractivity contribution in [1.82, 2.24) is 9.97 Å². The minimum absolute atomic E-state index is 0.0385. The molecule has 0 N–H and O–H groups in total. The van der Waals surface area contributed by atoms with Gasteiger partial charge in [-0.3, -0.25) is 0 Å². The zero-order chi connectivity index (χ0) is 37.5. The van der Waals surface area contributed by atoms with Crippen molar-refractivity contribution in [2.75, 3.05) is 0 Å². The van der Waals surface area contributed by atoms with Gasteiger partial charge in [0.1, 0.15) is 0 Å². The Morgan fingerprint density at radius 1 is 0.614 bits per heavy atom. The molecule has 0 radical (unpaired) electrons. The minimum atomic E-state index is -0.314. The first-order chi connectivity index (χ1) is 28.2. The SMILES string of the molecule is C1=CCC2OC3C=CC(c4ccc(-c5cc(-c6cc7c8c(cccc8c6)CC=C7)nc(-c6ccccc6)n5)cc4)=CC3C3(C2=C1)c1ccccc1-c1ccccc13. The standard InChI is InChI=1S/C54H38N2O/c1-2-12-37(13-3-1)53-55-48(33-49(56-53)41-30-39-16-10-14-36-15-11-17-40(31-41)52(36)39)35-26-24-34(25-27-35)38-28-29-51-47(32-38)54(46-22-8-9-23-50(46)57-51)44-20-6-4-18-42(44)43-19-5-7-21-45(43)54/h1-14,16-22,24-33,47,50-51H,15,23H2. The molecule has 2 heterocycles. The van der Waals surface area contributed by atoms with Crippen LogP contribution < -0.4 is 0 Å². The van der Waals surface area contributed by atoms with Crippen LogP contribution in [0.2, 0.25) is 0 Å². The van der Waals surface area contributed by atoms with E-state index < -0.39 is 0 Å². The van der Waals surface area contributed by atoms with Gasteiger partial charge in [0.25, 0.3) is 0 Å². The molecule has 57 heavy (non-hydrogen) atoms. The Hall–Kier alpha value is -6.68. The molecule has 0 saturated carbocycles. The first kappa shape index (κ1) is 32.6. The highest BCUT2D eigenvalue weighted by atomic mass is 16.5. The molecule has 0 bridgehead atoms. The molecule has 6 aromatic carbocycles. The van der Waals surface area contributed by atoms with Crippen LogP contribution in [0.4, 0.5) is 0 Å². The number of hydrogen-bond acceptors (Lipinski definition) is 3. The van der Waals surface area contributed by atoms with Crippen molar-refractivity contribution in [2.24, 2.45) is 5.92 Å². The molecule has 1 spiro atoms. The first-order valence-corrected chi connectivity index (χ1v) is 20.1. The topological polar surface area (TPSA) is 35.0 Å².